The zero-order valence-electron chi connectivity index (χ0n) is 9.81. The Morgan fingerprint density at radius 1 is 1.11 bits per heavy atom. The fourth-order valence-corrected chi connectivity index (χ4v) is 2.13. The number of benzene rings is 2. The summed E-state index contributed by atoms with van der Waals surface area (Å²) in [5, 5.41) is 4.22. The van der Waals surface area contributed by atoms with E-state index in [1.807, 2.05) is 6.07 Å². The van der Waals surface area contributed by atoms with Crippen LogP contribution in [0, 0.1) is 12.7 Å². The lowest BCUT2D eigenvalue weighted by molar-refractivity contribution is 0.616. The van der Waals surface area contributed by atoms with E-state index >= 15 is 0 Å². The predicted octanol–water partition coefficient (Wildman–Crippen LogP) is 5.05. The third kappa shape index (κ3) is 2.95. The van der Waals surface area contributed by atoms with E-state index in [0.717, 1.165) is 5.56 Å². The number of nitrogens with one attached hydrogen (secondary N) is 1. The number of halogens is 3. The Kier molecular flexibility index (Phi) is 4.10. The molecule has 0 aliphatic heterocycles. The van der Waals surface area contributed by atoms with Gasteiger partial charge in [-0.2, -0.15) is 0 Å². The van der Waals surface area contributed by atoms with Gasteiger partial charge in [-0.15, -0.1) is 0 Å². The smallest absolute Gasteiger partial charge is 0.126 e. The van der Waals surface area contributed by atoms with Crippen molar-refractivity contribution in [3.05, 3.63) is 63.4 Å². The topological polar surface area (TPSA) is 12.0 Å². The number of hydrogen-bond acceptors (Lipinski definition) is 1. The molecule has 0 saturated carbocycles. The molecule has 0 fully saturated rings. The fraction of sp³-hybridized carbons (Fsp3) is 0.143. The summed E-state index contributed by atoms with van der Waals surface area (Å²) in [7, 11) is 0. The van der Waals surface area contributed by atoms with Crippen molar-refractivity contribution >= 4 is 28.9 Å². The molecule has 0 amide bonds. The molecule has 0 saturated heterocycles. The molecule has 1 N–H and O–H groups in total. The lowest BCUT2D eigenvalue weighted by atomic mass is 10.1. The quantitative estimate of drug-likeness (QED) is 0.831. The Hall–Kier alpha value is -1.25. The van der Waals surface area contributed by atoms with Gasteiger partial charge in [0.2, 0.25) is 0 Å². The molecule has 0 aliphatic carbocycles. The minimum absolute atomic E-state index is 0.209. The molecule has 0 radical (unpaired) electrons. The summed E-state index contributed by atoms with van der Waals surface area (Å²) < 4.78 is 13.4. The van der Waals surface area contributed by atoms with E-state index in [0.29, 0.717) is 27.8 Å². The first kappa shape index (κ1) is 13.2. The molecule has 94 valence electrons. The molecule has 0 atom stereocenters. The SMILES string of the molecule is Cc1ccc(CNc2c(Cl)cccc2Cl)cc1F. The first-order chi connectivity index (χ1) is 8.58. The molecule has 4 heteroatoms. The fourth-order valence-electron chi connectivity index (χ4n) is 1.60. The molecule has 0 heterocycles. The first-order valence-corrected chi connectivity index (χ1v) is 6.26. The van der Waals surface area contributed by atoms with Gasteiger partial charge in [0.15, 0.2) is 0 Å². The summed E-state index contributed by atoms with van der Waals surface area (Å²) in [5.41, 5.74) is 2.14. The third-order valence-electron chi connectivity index (χ3n) is 2.67. The Balaban J connectivity index is 2.14. The summed E-state index contributed by atoms with van der Waals surface area (Å²) in [6, 6.07) is 10.4. The van der Waals surface area contributed by atoms with Crippen LogP contribution in [0.2, 0.25) is 10.0 Å². The molecule has 2 aromatic rings. The van der Waals surface area contributed by atoms with Gasteiger partial charge in [-0.1, -0.05) is 41.4 Å². The van der Waals surface area contributed by atoms with E-state index in [4.69, 9.17) is 23.2 Å². The van der Waals surface area contributed by atoms with Crippen LogP contribution in [0.4, 0.5) is 10.1 Å². The van der Waals surface area contributed by atoms with Gasteiger partial charge in [0, 0.05) is 6.54 Å². The summed E-state index contributed by atoms with van der Waals surface area (Å²) >= 11 is 12.1. The van der Waals surface area contributed by atoms with Gasteiger partial charge in [0.1, 0.15) is 5.82 Å². The van der Waals surface area contributed by atoms with Crippen molar-refractivity contribution in [3.8, 4) is 0 Å². The van der Waals surface area contributed by atoms with Crippen molar-refractivity contribution < 1.29 is 4.39 Å². The maximum atomic E-state index is 13.4. The monoisotopic (exact) mass is 283 g/mol. The minimum Gasteiger partial charge on any atom is -0.379 e. The van der Waals surface area contributed by atoms with Gasteiger partial charge < -0.3 is 5.32 Å². The van der Waals surface area contributed by atoms with Crippen molar-refractivity contribution in [2.45, 2.75) is 13.5 Å². The van der Waals surface area contributed by atoms with Gasteiger partial charge in [-0.05, 0) is 36.2 Å². The molecule has 1 nitrogen and oxygen atoms in total. The van der Waals surface area contributed by atoms with Gasteiger partial charge in [0.25, 0.3) is 0 Å². The van der Waals surface area contributed by atoms with Crippen LogP contribution in [0.3, 0.4) is 0 Å². The third-order valence-corrected chi connectivity index (χ3v) is 3.30. The molecular weight excluding hydrogens is 272 g/mol. The normalized spacial score (nSPS) is 10.4. The number of aryl methyl sites for hydroxylation is 1. The van der Waals surface area contributed by atoms with Crippen LogP contribution in [0.25, 0.3) is 0 Å². The molecule has 18 heavy (non-hydrogen) atoms. The molecule has 2 aromatic carbocycles. The van der Waals surface area contributed by atoms with Crippen LogP contribution in [-0.4, -0.2) is 0 Å². The van der Waals surface area contributed by atoms with E-state index in [1.165, 1.54) is 6.07 Å². The Morgan fingerprint density at radius 2 is 1.78 bits per heavy atom. The van der Waals surface area contributed by atoms with Crippen LogP contribution < -0.4 is 5.32 Å². The second-order valence-electron chi connectivity index (χ2n) is 4.03. The number of hydrogen-bond donors (Lipinski definition) is 1. The van der Waals surface area contributed by atoms with Crippen LogP contribution in [0.5, 0.6) is 0 Å². The summed E-state index contributed by atoms with van der Waals surface area (Å²) in [6.45, 7) is 2.21. The molecule has 2 rings (SSSR count). The minimum atomic E-state index is -0.209. The summed E-state index contributed by atoms with van der Waals surface area (Å²) in [4.78, 5) is 0. The van der Waals surface area contributed by atoms with Gasteiger partial charge >= 0.3 is 0 Å². The highest BCUT2D eigenvalue weighted by Gasteiger charge is 2.05. The molecule has 0 bridgehead atoms. The zero-order valence-corrected chi connectivity index (χ0v) is 11.3. The highest BCUT2D eigenvalue weighted by molar-refractivity contribution is 6.39. The molecule has 0 aromatic heterocycles. The zero-order chi connectivity index (χ0) is 13.1. The van der Waals surface area contributed by atoms with Crippen LogP contribution in [-0.2, 0) is 6.54 Å². The highest BCUT2D eigenvalue weighted by atomic mass is 35.5. The lowest BCUT2D eigenvalue weighted by Gasteiger charge is -2.10. The standard InChI is InChI=1S/C14H12Cl2FN/c1-9-5-6-10(7-13(9)17)8-18-14-11(15)3-2-4-12(14)16/h2-7,18H,8H2,1H3. The largest absolute Gasteiger partial charge is 0.379 e. The van der Waals surface area contributed by atoms with Gasteiger partial charge in [-0.3, -0.25) is 0 Å². The van der Waals surface area contributed by atoms with Crippen LogP contribution in [0.15, 0.2) is 36.4 Å². The molecule has 0 aliphatic rings. The Morgan fingerprint density at radius 3 is 2.39 bits per heavy atom. The van der Waals surface area contributed by atoms with E-state index in [-0.39, 0.29) is 5.82 Å². The van der Waals surface area contributed by atoms with E-state index < -0.39 is 0 Å². The first-order valence-electron chi connectivity index (χ1n) is 5.51. The van der Waals surface area contributed by atoms with Crippen molar-refractivity contribution in [2.24, 2.45) is 0 Å². The highest BCUT2D eigenvalue weighted by Crippen LogP contribution is 2.30. The Bertz CT molecular complexity index is 549. The van der Waals surface area contributed by atoms with E-state index in [1.54, 1.807) is 31.2 Å². The van der Waals surface area contributed by atoms with Gasteiger partial charge in [-0.25, -0.2) is 4.39 Å². The summed E-state index contributed by atoms with van der Waals surface area (Å²) in [6.07, 6.45) is 0. The summed E-state index contributed by atoms with van der Waals surface area (Å²) in [5.74, 6) is -0.209. The van der Waals surface area contributed by atoms with Gasteiger partial charge in [0.05, 0.1) is 15.7 Å². The van der Waals surface area contributed by atoms with E-state index in [2.05, 4.69) is 5.32 Å². The van der Waals surface area contributed by atoms with Crippen molar-refractivity contribution in [2.75, 3.05) is 5.32 Å². The molecule has 0 unspecified atom stereocenters. The number of rotatable bonds is 3. The van der Waals surface area contributed by atoms with Crippen molar-refractivity contribution in [1.82, 2.24) is 0 Å². The predicted molar refractivity (Wildman–Crippen MR) is 74.9 cm³/mol. The van der Waals surface area contributed by atoms with Crippen LogP contribution >= 0.6 is 23.2 Å². The van der Waals surface area contributed by atoms with Crippen molar-refractivity contribution in [3.63, 3.8) is 0 Å². The number of anilines is 1. The second-order valence-corrected chi connectivity index (χ2v) is 4.85. The van der Waals surface area contributed by atoms with Crippen LogP contribution in [0.1, 0.15) is 11.1 Å². The second kappa shape index (κ2) is 5.59. The van der Waals surface area contributed by atoms with E-state index in [9.17, 15) is 4.39 Å². The number of para-hydroxylation sites is 1. The maximum absolute atomic E-state index is 13.4. The molecular formula is C14H12Cl2FN. The molecule has 0 spiro atoms. The lowest BCUT2D eigenvalue weighted by Crippen LogP contribution is -2.01. The average molecular weight is 284 g/mol. The Labute approximate surface area is 116 Å². The van der Waals surface area contributed by atoms with Crippen molar-refractivity contribution in [1.29, 1.82) is 0 Å². The maximum Gasteiger partial charge on any atom is 0.126 e. The average Bonchev–Trinajstić information content (AvgIpc) is 2.33.